The van der Waals surface area contributed by atoms with E-state index in [1.165, 1.54) is 12.5 Å². The van der Waals surface area contributed by atoms with E-state index < -0.39 is 5.97 Å². The molecule has 1 aliphatic rings. The SMILES string of the molecule is C=C(C)C(=O)O.CC(C)(c1ccc(O)cc1)c1ccc(OC2CO2)cc1. The highest BCUT2D eigenvalue weighted by Gasteiger charge is 2.26. The van der Waals surface area contributed by atoms with Crippen LogP contribution in [0.2, 0.25) is 0 Å². The zero-order valence-corrected chi connectivity index (χ0v) is 15.2. The molecule has 0 spiro atoms. The van der Waals surface area contributed by atoms with Gasteiger partial charge in [0.25, 0.3) is 0 Å². The Labute approximate surface area is 153 Å². The second-order valence-electron chi connectivity index (χ2n) is 6.66. The van der Waals surface area contributed by atoms with Crippen molar-refractivity contribution in [3.8, 4) is 11.5 Å². The second-order valence-corrected chi connectivity index (χ2v) is 6.66. The van der Waals surface area contributed by atoms with Crippen LogP contribution in [0.25, 0.3) is 0 Å². The zero-order valence-electron chi connectivity index (χ0n) is 15.2. The lowest BCUT2D eigenvalue weighted by Crippen LogP contribution is -2.18. The summed E-state index contributed by atoms with van der Waals surface area (Å²) < 4.78 is 10.6. The lowest BCUT2D eigenvalue weighted by Gasteiger charge is -2.26. The minimum absolute atomic E-state index is 0.0639. The summed E-state index contributed by atoms with van der Waals surface area (Å²) in [5.74, 6) is 0.186. The summed E-state index contributed by atoms with van der Waals surface area (Å²) in [7, 11) is 0. The number of hydrogen-bond donors (Lipinski definition) is 2. The number of rotatable bonds is 5. The van der Waals surface area contributed by atoms with Gasteiger partial charge >= 0.3 is 5.97 Å². The number of phenols is 1. The van der Waals surface area contributed by atoms with Gasteiger partial charge in [0.15, 0.2) is 0 Å². The second kappa shape index (κ2) is 8.06. The molecule has 138 valence electrons. The topological polar surface area (TPSA) is 79.3 Å². The van der Waals surface area contributed by atoms with Gasteiger partial charge in [0.1, 0.15) is 18.1 Å². The molecule has 0 aromatic heterocycles. The quantitative estimate of drug-likeness (QED) is 0.623. The van der Waals surface area contributed by atoms with Crippen LogP contribution in [0, 0.1) is 0 Å². The van der Waals surface area contributed by atoms with E-state index in [2.05, 4.69) is 32.6 Å². The Hall–Kier alpha value is -2.79. The molecule has 5 nitrogen and oxygen atoms in total. The molecule has 3 rings (SSSR count). The van der Waals surface area contributed by atoms with Crippen molar-refractivity contribution in [1.29, 1.82) is 0 Å². The van der Waals surface area contributed by atoms with E-state index >= 15 is 0 Å². The first-order valence-corrected chi connectivity index (χ1v) is 8.27. The van der Waals surface area contributed by atoms with Crippen molar-refractivity contribution in [1.82, 2.24) is 0 Å². The van der Waals surface area contributed by atoms with E-state index in [1.807, 2.05) is 24.3 Å². The Morgan fingerprint density at radius 1 is 1.12 bits per heavy atom. The van der Waals surface area contributed by atoms with Crippen molar-refractivity contribution >= 4 is 5.97 Å². The number of aliphatic carboxylic acids is 1. The number of carbonyl (C=O) groups is 1. The number of carboxylic acid groups (broad SMARTS) is 1. The highest BCUT2D eigenvalue weighted by Crippen LogP contribution is 2.33. The van der Waals surface area contributed by atoms with Crippen molar-refractivity contribution in [2.45, 2.75) is 32.5 Å². The molecule has 0 bridgehead atoms. The van der Waals surface area contributed by atoms with E-state index in [1.54, 1.807) is 12.1 Å². The average Bonchev–Trinajstić information content (AvgIpc) is 3.40. The molecule has 1 unspecified atom stereocenters. The predicted molar refractivity (Wildman–Crippen MR) is 99.5 cm³/mol. The molecule has 0 amide bonds. The maximum atomic E-state index is 9.60. The number of ether oxygens (including phenoxy) is 2. The van der Waals surface area contributed by atoms with Crippen molar-refractivity contribution in [2.75, 3.05) is 6.61 Å². The van der Waals surface area contributed by atoms with Crippen LogP contribution in [0.4, 0.5) is 0 Å². The zero-order chi connectivity index (χ0) is 19.3. The first-order chi connectivity index (χ1) is 12.2. The Kier molecular flexibility index (Phi) is 6.05. The third-order valence-corrected chi connectivity index (χ3v) is 4.10. The molecule has 0 radical (unpaired) electrons. The molecule has 2 N–H and O–H groups in total. The van der Waals surface area contributed by atoms with Gasteiger partial charge in [-0.05, 0) is 42.3 Å². The summed E-state index contributed by atoms with van der Waals surface area (Å²) >= 11 is 0. The number of benzene rings is 2. The Morgan fingerprint density at radius 3 is 1.92 bits per heavy atom. The summed E-state index contributed by atoms with van der Waals surface area (Å²) in [5, 5.41) is 17.3. The molecular formula is C21H24O5. The molecule has 1 heterocycles. The van der Waals surface area contributed by atoms with E-state index in [9.17, 15) is 9.90 Å². The predicted octanol–water partition coefficient (Wildman–Crippen LogP) is 4.10. The molecule has 2 aromatic carbocycles. The smallest absolute Gasteiger partial charge is 0.330 e. The molecular weight excluding hydrogens is 332 g/mol. The fraction of sp³-hybridized carbons (Fsp3) is 0.286. The Balaban J connectivity index is 0.000000352. The first-order valence-electron chi connectivity index (χ1n) is 8.27. The number of hydrogen-bond acceptors (Lipinski definition) is 4. The normalized spacial score (nSPS) is 15.4. The van der Waals surface area contributed by atoms with E-state index in [4.69, 9.17) is 14.6 Å². The monoisotopic (exact) mass is 356 g/mol. The third-order valence-electron chi connectivity index (χ3n) is 4.10. The van der Waals surface area contributed by atoms with Gasteiger partial charge in [0.2, 0.25) is 6.29 Å². The Morgan fingerprint density at radius 2 is 1.54 bits per heavy atom. The lowest BCUT2D eigenvalue weighted by atomic mass is 9.78. The minimum Gasteiger partial charge on any atom is -0.508 e. The van der Waals surface area contributed by atoms with Crippen molar-refractivity contribution < 1.29 is 24.5 Å². The summed E-state index contributed by atoms with van der Waals surface area (Å²) in [5.41, 5.74) is 2.42. The highest BCUT2D eigenvalue weighted by atomic mass is 16.8. The van der Waals surface area contributed by atoms with E-state index in [-0.39, 0.29) is 23.0 Å². The third kappa shape index (κ3) is 5.36. The molecule has 1 saturated heterocycles. The van der Waals surface area contributed by atoms with Crippen LogP contribution in [-0.4, -0.2) is 29.1 Å². The highest BCUT2D eigenvalue weighted by molar-refractivity contribution is 5.84. The van der Waals surface area contributed by atoms with Crippen LogP contribution in [0.3, 0.4) is 0 Å². The van der Waals surface area contributed by atoms with E-state index in [0.29, 0.717) is 6.61 Å². The molecule has 1 aliphatic heterocycles. The van der Waals surface area contributed by atoms with Crippen LogP contribution in [0.5, 0.6) is 11.5 Å². The van der Waals surface area contributed by atoms with Crippen LogP contribution in [-0.2, 0) is 14.9 Å². The molecule has 1 atom stereocenters. The van der Waals surface area contributed by atoms with Crippen LogP contribution >= 0.6 is 0 Å². The largest absolute Gasteiger partial charge is 0.508 e. The van der Waals surface area contributed by atoms with Crippen molar-refractivity contribution in [3.05, 3.63) is 71.8 Å². The molecule has 2 aromatic rings. The molecule has 1 fully saturated rings. The van der Waals surface area contributed by atoms with Crippen molar-refractivity contribution in [2.24, 2.45) is 0 Å². The van der Waals surface area contributed by atoms with Gasteiger partial charge in [0.05, 0.1) is 0 Å². The number of carboxylic acids is 1. The van der Waals surface area contributed by atoms with Crippen LogP contribution in [0.1, 0.15) is 31.9 Å². The maximum Gasteiger partial charge on any atom is 0.330 e. The van der Waals surface area contributed by atoms with Crippen LogP contribution in [0.15, 0.2) is 60.7 Å². The van der Waals surface area contributed by atoms with Crippen molar-refractivity contribution in [3.63, 3.8) is 0 Å². The van der Waals surface area contributed by atoms with Crippen LogP contribution < -0.4 is 4.74 Å². The maximum absolute atomic E-state index is 9.60. The summed E-state index contributed by atoms with van der Waals surface area (Å²) in [6, 6.07) is 15.4. The standard InChI is InChI=1S/C17H18O3.C4H6O2/c1-17(2,12-3-7-14(18)8-4-12)13-5-9-15(10-6-13)20-16-11-19-16;1-3(2)4(5)6/h3-10,16,18H,11H2,1-2H3;1H2,2H3,(H,5,6). The molecule has 0 aliphatic carbocycles. The van der Waals surface area contributed by atoms with Gasteiger partial charge in [-0.2, -0.15) is 0 Å². The Bertz CT molecular complexity index is 744. The van der Waals surface area contributed by atoms with Gasteiger partial charge in [-0.15, -0.1) is 0 Å². The number of epoxide rings is 1. The number of phenolic OH excluding ortho intramolecular Hbond substituents is 1. The van der Waals surface area contributed by atoms with Gasteiger partial charge in [-0.1, -0.05) is 44.7 Å². The van der Waals surface area contributed by atoms with Gasteiger partial charge in [-0.25, -0.2) is 4.79 Å². The van der Waals surface area contributed by atoms with Gasteiger partial charge in [0, 0.05) is 11.0 Å². The van der Waals surface area contributed by atoms with E-state index in [0.717, 1.165) is 11.3 Å². The minimum atomic E-state index is -0.935. The molecule has 26 heavy (non-hydrogen) atoms. The molecule has 5 heteroatoms. The summed E-state index contributed by atoms with van der Waals surface area (Å²) in [6.45, 7) is 9.61. The van der Waals surface area contributed by atoms with Gasteiger partial charge < -0.3 is 19.7 Å². The fourth-order valence-corrected chi connectivity index (χ4v) is 2.25. The molecule has 0 saturated carbocycles. The summed E-state index contributed by atoms with van der Waals surface area (Å²) in [6.07, 6.45) is -0.0639. The first kappa shape index (κ1) is 19.5. The van der Waals surface area contributed by atoms with Gasteiger partial charge in [-0.3, -0.25) is 0 Å². The summed E-state index contributed by atoms with van der Waals surface area (Å²) in [4.78, 5) is 9.60. The fourth-order valence-electron chi connectivity index (χ4n) is 2.25. The number of aromatic hydroxyl groups is 1. The lowest BCUT2D eigenvalue weighted by molar-refractivity contribution is -0.132. The average molecular weight is 356 g/mol.